The molecule has 0 aromatic rings. The minimum absolute atomic E-state index is 0.182. The van der Waals surface area contributed by atoms with E-state index in [1.165, 1.54) is 35.5 Å². The van der Waals surface area contributed by atoms with Gasteiger partial charge in [0.2, 0.25) is 11.9 Å². The van der Waals surface area contributed by atoms with E-state index in [0.29, 0.717) is 13.1 Å². The summed E-state index contributed by atoms with van der Waals surface area (Å²) in [6, 6.07) is 0. The number of nitrogens with two attached hydrogens (primary N) is 2. The van der Waals surface area contributed by atoms with Crippen LogP contribution in [0.4, 0.5) is 0 Å². The number of nitriles is 2. The minimum Gasteiger partial charge on any atom is -0.369 e. The molecule has 8 heteroatoms. The zero-order chi connectivity index (χ0) is 18.2. The smallest absolute Gasteiger partial charge is 0.201 e. The first-order valence-corrected chi connectivity index (χ1v) is 8.55. The number of guanidine groups is 2. The molecule has 0 aliphatic rings. The molecule has 0 aromatic heterocycles. The normalized spacial score (nSPS) is 9.75. The summed E-state index contributed by atoms with van der Waals surface area (Å²) in [6.45, 7) is 1.07. The average Bonchev–Trinajstić information content (AvgIpc) is 2.54. The molecule has 24 heavy (non-hydrogen) atoms. The minimum atomic E-state index is -0.182. The van der Waals surface area contributed by atoms with Crippen molar-refractivity contribution in [2.45, 2.75) is 64.2 Å². The average molecular weight is 334 g/mol. The Hall–Kier alpha value is -2.48. The molecule has 0 aromatic carbocycles. The van der Waals surface area contributed by atoms with Crippen molar-refractivity contribution in [2.75, 3.05) is 13.1 Å². The molecule has 0 spiro atoms. The van der Waals surface area contributed by atoms with Crippen molar-refractivity contribution in [2.24, 2.45) is 11.5 Å². The molecule has 0 rings (SSSR count). The third-order valence-corrected chi connectivity index (χ3v) is 3.84. The summed E-state index contributed by atoms with van der Waals surface area (Å²) >= 11 is 0. The lowest BCUT2D eigenvalue weighted by Gasteiger charge is -2.12. The topological polar surface area (TPSA) is 154 Å². The maximum Gasteiger partial charge on any atom is 0.201 e. The number of nitrogens with one attached hydrogen (secondary N) is 2. The molecule has 0 atom stereocenters. The van der Waals surface area contributed by atoms with Gasteiger partial charge in [0.05, 0.1) is 0 Å². The lowest BCUT2D eigenvalue weighted by atomic mass is 10.1. The van der Waals surface area contributed by atoms with Gasteiger partial charge in [-0.15, -0.1) is 0 Å². The van der Waals surface area contributed by atoms with Crippen molar-refractivity contribution in [3.8, 4) is 12.4 Å². The Balaban J connectivity index is 3.35. The van der Waals surface area contributed by atoms with Crippen LogP contribution in [0, 0.1) is 33.7 Å². The van der Waals surface area contributed by atoms with Crippen molar-refractivity contribution >= 4 is 11.9 Å². The Morgan fingerprint density at radius 1 is 0.625 bits per heavy atom. The van der Waals surface area contributed by atoms with Crippen LogP contribution in [0.1, 0.15) is 64.2 Å². The molecule has 0 unspecified atom stereocenters. The van der Waals surface area contributed by atoms with E-state index in [0.717, 1.165) is 38.5 Å². The highest BCUT2D eigenvalue weighted by Crippen LogP contribution is 2.11. The first kappa shape index (κ1) is 21.5. The van der Waals surface area contributed by atoms with Gasteiger partial charge in [-0.25, -0.2) is 9.80 Å². The van der Waals surface area contributed by atoms with E-state index in [1.807, 2.05) is 12.4 Å². The number of nitrogens with zero attached hydrogens (tertiary/aromatic N) is 4. The fraction of sp³-hybridized carbons (Fsp3) is 0.750. The number of rotatable bonds is 13. The molecule has 0 saturated heterocycles. The zero-order valence-corrected chi connectivity index (χ0v) is 14.4. The van der Waals surface area contributed by atoms with Crippen LogP contribution in [0.25, 0.3) is 0 Å². The van der Waals surface area contributed by atoms with E-state index in [9.17, 15) is 0 Å². The Morgan fingerprint density at radius 3 is 1.08 bits per heavy atom. The van der Waals surface area contributed by atoms with E-state index >= 15 is 0 Å². The highest BCUT2D eigenvalue weighted by atomic mass is 15.2. The third kappa shape index (κ3) is 11.1. The van der Waals surface area contributed by atoms with Gasteiger partial charge in [-0.1, -0.05) is 51.4 Å². The van der Waals surface area contributed by atoms with Crippen molar-refractivity contribution in [3.63, 3.8) is 0 Å². The third-order valence-electron chi connectivity index (χ3n) is 3.84. The molecule has 0 fully saturated rings. The molecule has 6 N–H and O–H groups in total. The number of hydrogen-bond acceptors (Lipinski definition) is 4. The fourth-order valence-corrected chi connectivity index (χ4v) is 2.40. The summed E-state index contributed by atoms with van der Waals surface area (Å²) in [5.41, 5.74) is 10.5. The van der Waals surface area contributed by atoms with Crippen LogP contribution < -0.4 is 11.5 Å². The molecular formula is C16H30N8. The van der Waals surface area contributed by atoms with E-state index in [4.69, 9.17) is 32.8 Å². The van der Waals surface area contributed by atoms with Gasteiger partial charge < -0.3 is 11.5 Å². The molecule has 0 saturated carbocycles. The molecule has 0 heterocycles. The Labute approximate surface area is 145 Å². The maximum atomic E-state index is 8.75. The summed E-state index contributed by atoms with van der Waals surface area (Å²) in [4.78, 5) is 2.42. The SMILES string of the molecule is N#CN(CCCCCCCCCCCCN(C#N)C(=N)N)C(=N)N. The fourth-order valence-electron chi connectivity index (χ4n) is 2.40. The largest absolute Gasteiger partial charge is 0.369 e. The monoisotopic (exact) mass is 334 g/mol. The summed E-state index contributed by atoms with van der Waals surface area (Å²) in [5.74, 6) is -0.364. The zero-order valence-electron chi connectivity index (χ0n) is 14.4. The van der Waals surface area contributed by atoms with Crippen LogP contribution in [-0.2, 0) is 0 Å². The van der Waals surface area contributed by atoms with Crippen molar-refractivity contribution < 1.29 is 0 Å². The van der Waals surface area contributed by atoms with Crippen LogP contribution in [-0.4, -0.2) is 34.8 Å². The lowest BCUT2D eigenvalue weighted by Crippen LogP contribution is -2.33. The van der Waals surface area contributed by atoms with Gasteiger partial charge in [0.25, 0.3) is 0 Å². The summed E-state index contributed by atoms with van der Waals surface area (Å²) in [6.07, 6.45) is 14.8. The van der Waals surface area contributed by atoms with Crippen molar-refractivity contribution in [3.05, 3.63) is 0 Å². The standard InChI is InChI=1S/C16H30N8/c17-13-23(15(19)20)11-9-7-5-3-1-2-4-6-8-10-12-24(14-18)16(21)22/h1-12H2,(H3,19,20)(H3,21,22). The molecule has 0 bridgehead atoms. The molecule has 0 radical (unpaired) electrons. The van der Waals surface area contributed by atoms with Gasteiger partial charge in [-0.2, -0.15) is 10.5 Å². The predicted molar refractivity (Wildman–Crippen MR) is 94.6 cm³/mol. The van der Waals surface area contributed by atoms with Crippen molar-refractivity contribution in [1.29, 1.82) is 21.3 Å². The lowest BCUT2D eigenvalue weighted by molar-refractivity contribution is 0.489. The Kier molecular flexibility index (Phi) is 12.7. The number of unbranched alkanes of at least 4 members (excludes halogenated alkanes) is 9. The van der Waals surface area contributed by atoms with Gasteiger partial charge in [0.1, 0.15) is 0 Å². The second-order valence-electron chi connectivity index (χ2n) is 5.81. The molecule has 0 aliphatic heterocycles. The highest BCUT2D eigenvalue weighted by molar-refractivity contribution is 5.76. The molecule has 8 nitrogen and oxygen atoms in total. The molecule has 0 aliphatic carbocycles. The Morgan fingerprint density at radius 2 is 0.875 bits per heavy atom. The van der Waals surface area contributed by atoms with Crippen LogP contribution in [0.3, 0.4) is 0 Å². The predicted octanol–water partition coefficient (Wildman–Crippen LogP) is 2.24. The highest BCUT2D eigenvalue weighted by Gasteiger charge is 2.04. The van der Waals surface area contributed by atoms with Crippen LogP contribution in [0.2, 0.25) is 0 Å². The van der Waals surface area contributed by atoms with E-state index in [1.54, 1.807) is 0 Å². The molecule has 0 amide bonds. The van der Waals surface area contributed by atoms with Gasteiger partial charge >= 0.3 is 0 Å². The first-order chi connectivity index (χ1) is 11.5. The van der Waals surface area contributed by atoms with E-state index in [-0.39, 0.29) is 11.9 Å². The first-order valence-electron chi connectivity index (χ1n) is 8.55. The summed E-state index contributed by atoms with van der Waals surface area (Å²) in [7, 11) is 0. The Bertz CT molecular complexity index is 406. The van der Waals surface area contributed by atoms with E-state index in [2.05, 4.69) is 0 Å². The molecule has 134 valence electrons. The summed E-state index contributed by atoms with van der Waals surface area (Å²) < 4.78 is 0. The van der Waals surface area contributed by atoms with E-state index < -0.39 is 0 Å². The molecular weight excluding hydrogens is 304 g/mol. The van der Waals surface area contributed by atoms with Crippen LogP contribution >= 0.6 is 0 Å². The van der Waals surface area contributed by atoms with Crippen LogP contribution in [0.5, 0.6) is 0 Å². The van der Waals surface area contributed by atoms with Crippen molar-refractivity contribution in [1.82, 2.24) is 9.80 Å². The number of hydrogen-bond donors (Lipinski definition) is 4. The second kappa shape index (κ2) is 14.1. The van der Waals surface area contributed by atoms with Gasteiger partial charge in [-0.05, 0) is 12.8 Å². The second-order valence-corrected chi connectivity index (χ2v) is 5.81. The van der Waals surface area contributed by atoms with Gasteiger partial charge in [-0.3, -0.25) is 10.8 Å². The summed E-state index contributed by atoms with van der Waals surface area (Å²) in [5, 5.41) is 31.9. The van der Waals surface area contributed by atoms with Gasteiger partial charge in [0.15, 0.2) is 12.4 Å². The quantitative estimate of drug-likeness (QED) is 0.133. The maximum absolute atomic E-state index is 8.75. The van der Waals surface area contributed by atoms with Crippen LogP contribution in [0.15, 0.2) is 0 Å². The van der Waals surface area contributed by atoms with Gasteiger partial charge in [0, 0.05) is 13.1 Å².